The highest BCUT2D eigenvalue weighted by Gasteiger charge is 2.36. The number of phenols is 1. The van der Waals surface area contributed by atoms with Crippen molar-refractivity contribution in [2.75, 3.05) is 7.11 Å². The van der Waals surface area contributed by atoms with Gasteiger partial charge in [0.15, 0.2) is 5.75 Å². The number of esters is 1. The third-order valence-electron chi connectivity index (χ3n) is 3.72. The van der Waals surface area contributed by atoms with Crippen molar-refractivity contribution in [3.05, 3.63) is 62.7 Å². The summed E-state index contributed by atoms with van der Waals surface area (Å²) in [6, 6.07) is 8.45. The molecule has 9 nitrogen and oxygen atoms in total. The molecule has 28 heavy (non-hydrogen) atoms. The van der Waals surface area contributed by atoms with Crippen LogP contribution >= 0.6 is 0 Å². The van der Waals surface area contributed by atoms with Crippen molar-refractivity contribution in [1.82, 2.24) is 0 Å². The zero-order chi connectivity index (χ0) is 21.0. The fourth-order valence-corrected chi connectivity index (χ4v) is 2.55. The van der Waals surface area contributed by atoms with Crippen molar-refractivity contribution in [3.8, 4) is 17.6 Å². The number of phenolic OH excluding ortho intramolecular Hbond substituents is 1. The lowest BCUT2D eigenvalue weighted by Crippen LogP contribution is -2.18. The summed E-state index contributed by atoms with van der Waals surface area (Å²) in [7, 11) is 1.14. The summed E-state index contributed by atoms with van der Waals surface area (Å²) in [6.07, 6.45) is -0.569. The predicted octanol–water partition coefficient (Wildman–Crippen LogP) is 2.98. The van der Waals surface area contributed by atoms with Crippen LogP contribution in [0.4, 0.5) is 5.69 Å². The molecule has 0 saturated heterocycles. The molecule has 144 valence electrons. The van der Waals surface area contributed by atoms with Crippen LogP contribution in [0, 0.1) is 21.4 Å². The molecule has 2 aromatic carbocycles. The van der Waals surface area contributed by atoms with E-state index in [9.17, 15) is 30.1 Å². The first-order valence-electron chi connectivity index (χ1n) is 8.06. The number of nitrogens with zero attached hydrogens (tertiary/aromatic N) is 2. The van der Waals surface area contributed by atoms with Crippen LogP contribution in [0.1, 0.15) is 45.7 Å². The molecular formula is C19H16N2O7. The van der Waals surface area contributed by atoms with E-state index in [2.05, 4.69) is 0 Å². The standard InChI is InChI=1S/C19H16N2O7/c1-10(2)28-19(24)13-8-14(27-3)18(23)16(21(25)26)15(13)17(22)12-7-5-4-6-11(12)9-20/h4-8,10,23H,1-3H3. The van der Waals surface area contributed by atoms with Crippen LogP contribution in [0.15, 0.2) is 30.3 Å². The highest BCUT2D eigenvalue weighted by molar-refractivity contribution is 6.18. The van der Waals surface area contributed by atoms with Crippen molar-refractivity contribution >= 4 is 17.4 Å². The normalized spacial score (nSPS) is 10.2. The minimum atomic E-state index is -1.01. The Hall–Kier alpha value is -3.93. The molecule has 0 aliphatic heterocycles. The summed E-state index contributed by atoms with van der Waals surface area (Å²) >= 11 is 0. The Morgan fingerprint density at radius 3 is 2.43 bits per heavy atom. The molecule has 0 aromatic heterocycles. The second-order valence-corrected chi connectivity index (χ2v) is 5.90. The maximum absolute atomic E-state index is 13.1. The number of carbonyl (C=O) groups is 2. The van der Waals surface area contributed by atoms with Gasteiger partial charge >= 0.3 is 11.7 Å². The second-order valence-electron chi connectivity index (χ2n) is 5.90. The van der Waals surface area contributed by atoms with Crippen LogP contribution in [-0.4, -0.2) is 35.0 Å². The molecule has 1 N–H and O–H groups in total. The first kappa shape index (κ1) is 20.4. The predicted molar refractivity (Wildman–Crippen MR) is 96.5 cm³/mol. The molecule has 0 aliphatic rings. The van der Waals surface area contributed by atoms with Gasteiger partial charge in [-0.25, -0.2) is 4.79 Å². The van der Waals surface area contributed by atoms with Gasteiger partial charge < -0.3 is 14.6 Å². The highest BCUT2D eigenvalue weighted by atomic mass is 16.6. The molecule has 0 amide bonds. The third-order valence-corrected chi connectivity index (χ3v) is 3.72. The zero-order valence-corrected chi connectivity index (χ0v) is 15.3. The van der Waals surface area contributed by atoms with Crippen LogP contribution in [0.25, 0.3) is 0 Å². The number of nitro benzene ring substituents is 1. The topological polar surface area (TPSA) is 140 Å². The van der Waals surface area contributed by atoms with E-state index < -0.39 is 45.3 Å². The van der Waals surface area contributed by atoms with E-state index in [1.807, 2.05) is 6.07 Å². The van der Waals surface area contributed by atoms with Crippen LogP contribution < -0.4 is 4.74 Å². The van der Waals surface area contributed by atoms with E-state index in [4.69, 9.17) is 9.47 Å². The Labute approximate surface area is 159 Å². The summed E-state index contributed by atoms with van der Waals surface area (Å²) < 4.78 is 9.97. The smallest absolute Gasteiger partial charge is 0.339 e. The number of carbonyl (C=O) groups excluding carboxylic acids is 2. The summed E-state index contributed by atoms with van der Waals surface area (Å²) in [6.45, 7) is 3.13. The van der Waals surface area contributed by atoms with Gasteiger partial charge in [0.1, 0.15) is 5.56 Å². The maximum Gasteiger partial charge on any atom is 0.339 e. The summed E-state index contributed by atoms with van der Waals surface area (Å²) in [5.41, 5.74) is -2.34. The van der Waals surface area contributed by atoms with Crippen LogP contribution in [-0.2, 0) is 4.74 Å². The van der Waals surface area contributed by atoms with Crippen molar-refractivity contribution in [3.63, 3.8) is 0 Å². The van der Waals surface area contributed by atoms with E-state index in [-0.39, 0.29) is 16.9 Å². The number of hydrogen-bond acceptors (Lipinski definition) is 8. The second kappa shape index (κ2) is 8.18. The number of ketones is 1. The van der Waals surface area contributed by atoms with Crippen molar-refractivity contribution < 1.29 is 29.1 Å². The summed E-state index contributed by atoms with van der Waals surface area (Å²) in [5, 5.41) is 31.1. The van der Waals surface area contributed by atoms with Crippen molar-refractivity contribution in [2.24, 2.45) is 0 Å². The van der Waals surface area contributed by atoms with Gasteiger partial charge in [0.2, 0.25) is 11.5 Å². The maximum atomic E-state index is 13.1. The van der Waals surface area contributed by atoms with Crippen molar-refractivity contribution in [2.45, 2.75) is 20.0 Å². The fraction of sp³-hybridized carbons (Fsp3) is 0.211. The van der Waals surface area contributed by atoms with Crippen LogP contribution in [0.5, 0.6) is 11.5 Å². The van der Waals surface area contributed by atoms with E-state index in [1.165, 1.54) is 24.3 Å². The first-order valence-corrected chi connectivity index (χ1v) is 8.06. The number of hydrogen-bond donors (Lipinski definition) is 1. The summed E-state index contributed by atoms with van der Waals surface area (Å²) in [4.78, 5) is 36.2. The Morgan fingerprint density at radius 2 is 1.89 bits per heavy atom. The Kier molecular flexibility index (Phi) is 5.95. The van der Waals surface area contributed by atoms with Crippen LogP contribution in [0.2, 0.25) is 0 Å². The zero-order valence-electron chi connectivity index (χ0n) is 15.3. The number of ether oxygens (including phenoxy) is 2. The molecule has 0 bridgehead atoms. The van der Waals surface area contributed by atoms with Gasteiger partial charge in [0, 0.05) is 5.56 Å². The Bertz CT molecular complexity index is 1010. The average Bonchev–Trinajstić information content (AvgIpc) is 2.65. The minimum Gasteiger partial charge on any atom is -0.499 e. The van der Waals surface area contributed by atoms with E-state index >= 15 is 0 Å². The molecular weight excluding hydrogens is 368 g/mol. The lowest BCUT2D eigenvalue weighted by atomic mass is 9.93. The Balaban J connectivity index is 2.88. The molecule has 0 heterocycles. The number of nitriles is 1. The van der Waals surface area contributed by atoms with E-state index in [0.717, 1.165) is 13.2 Å². The fourth-order valence-electron chi connectivity index (χ4n) is 2.55. The van der Waals surface area contributed by atoms with Crippen LogP contribution in [0.3, 0.4) is 0 Å². The average molecular weight is 384 g/mol. The molecule has 0 unspecified atom stereocenters. The van der Waals surface area contributed by atoms with Gasteiger partial charge in [-0.1, -0.05) is 12.1 Å². The molecule has 2 aromatic rings. The quantitative estimate of drug-likeness (QED) is 0.347. The molecule has 0 radical (unpaired) electrons. The highest BCUT2D eigenvalue weighted by Crippen LogP contribution is 2.42. The molecule has 9 heteroatoms. The van der Waals surface area contributed by atoms with E-state index in [1.54, 1.807) is 13.8 Å². The largest absolute Gasteiger partial charge is 0.499 e. The number of nitro groups is 1. The molecule has 2 rings (SSSR count). The van der Waals surface area contributed by atoms with Gasteiger partial charge in [-0.3, -0.25) is 14.9 Å². The molecule has 0 saturated carbocycles. The van der Waals surface area contributed by atoms with Gasteiger partial charge in [-0.05, 0) is 32.0 Å². The van der Waals surface area contributed by atoms with Gasteiger partial charge in [-0.15, -0.1) is 0 Å². The number of aromatic hydroxyl groups is 1. The molecule has 0 fully saturated rings. The number of rotatable bonds is 6. The van der Waals surface area contributed by atoms with E-state index in [0.29, 0.717) is 0 Å². The van der Waals surface area contributed by atoms with Gasteiger partial charge in [0.25, 0.3) is 0 Å². The lowest BCUT2D eigenvalue weighted by molar-refractivity contribution is -0.386. The number of methoxy groups -OCH3 is 1. The summed E-state index contributed by atoms with van der Waals surface area (Å²) in [5.74, 6) is -3.26. The monoisotopic (exact) mass is 384 g/mol. The molecule has 0 spiro atoms. The molecule has 0 aliphatic carbocycles. The number of benzene rings is 2. The third kappa shape index (κ3) is 3.76. The minimum absolute atomic E-state index is 0.0414. The lowest BCUT2D eigenvalue weighted by Gasteiger charge is -2.14. The van der Waals surface area contributed by atoms with Gasteiger partial charge in [0.05, 0.1) is 35.3 Å². The van der Waals surface area contributed by atoms with Gasteiger partial charge in [-0.2, -0.15) is 5.26 Å². The molecule has 0 atom stereocenters. The first-order chi connectivity index (χ1) is 13.2. The van der Waals surface area contributed by atoms with Crippen molar-refractivity contribution in [1.29, 1.82) is 5.26 Å². The Morgan fingerprint density at radius 1 is 1.25 bits per heavy atom. The SMILES string of the molecule is COc1cc(C(=O)OC(C)C)c(C(=O)c2ccccc2C#N)c([N+](=O)[O-])c1O.